The number of ether oxygens (including phenoxy) is 2. The average molecular weight is 408 g/mol. The van der Waals surface area contributed by atoms with Crippen LogP contribution in [0.25, 0.3) is 6.08 Å². The molecule has 7 heteroatoms. The number of aliphatic carboxylic acids is 1. The third-order valence-corrected chi connectivity index (χ3v) is 3.71. The van der Waals surface area contributed by atoms with Crippen molar-refractivity contribution in [3.63, 3.8) is 0 Å². The van der Waals surface area contributed by atoms with Crippen molar-refractivity contribution >= 4 is 23.8 Å². The van der Waals surface area contributed by atoms with Crippen LogP contribution in [0.4, 0.5) is 0 Å². The summed E-state index contributed by atoms with van der Waals surface area (Å²) < 4.78 is 10.7. The second-order valence-corrected chi connectivity index (χ2v) is 6.23. The van der Waals surface area contributed by atoms with Gasteiger partial charge in [0, 0.05) is 6.07 Å². The van der Waals surface area contributed by atoms with E-state index in [2.05, 4.69) is 6.58 Å². The van der Waals surface area contributed by atoms with Gasteiger partial charge in [0.2, 0.25) is 0 Å². The fourth-order valence-corrected chi connectivity index (χ4v) is 2.27. The molecule has 0 spiro atoms. The zero-order valence-corrected chi connectivity index (χ0v) is 16.2. The van der Waals surface area contributed by atoms with E-state index in [1.54, 1.807) is 31.2 Å². The molecule has 0 saturated heterocycles. The van der Waals surface area contributed by atoms with Crippen LogP contribution in [0.1, 0.15) is 33.2 Å². The molecule has 0 aliphatic carbocycles. The minimum absolute atomic E-state index is 0.0644. The number of rotatable bonds is 10. The number of aromatic carboxylic acids is 1. The summed E-state index contributed by atoms with van der Waals surface area (Å²) in [7, 11) is 0. The molecule has 0 unspecified atom stereocenters. The predicted octanol–water partition coefficient (Wildman–Crippen LogP) is 4.21. The summed E-state index contributed by atoms with van der Waals surface area (Å²) in [5.74, 6) is -2.22. The van der Waals surface area contributed by atoms with Gasteiger partial charge in [-0.2, -0.15) is 0 Å². The normalized spacial score (nSPS) is 10.8. The zero-order chi connectivity index (χ0) is 22.1. The molecule has 2 aromatic carbocycles. The molecule has 2 N–H and O–H groups in total. The first-order valence-corrected chi connectivity index (χ1v) is 8.79. The van der Waals surface area contributed by atoms with E-state index >= 15 is 0 Å². The summed E-state index contributed by atoms with van der Waals surface area (Å²) in [5, 5.41) is 17.8. The lowest BCUT2D eigenvalue weighted by atomic mass is 10.1. The maximum atomic E-state index is 12.6. The molecule has 0 aliphatic heterocycles. The number of hydrogen-bond donors (Lipinski definition) is 2. The second kappa shape index (κ2) is 10.4. The van der Waals surface area contributed by atoms with Crippen molar-refractivity contribution in [2.24, 2.45) is 0 Å². The van der Waals surface area contributed by atoms with Crippen LogP contribution in [0.5, 0.6) is 11.5 Å². The third-order valence-electron chi connectivity index (χ3n) is 3.71. The number of carboxylic acids is 2. The van der Waals surface area contributed by atoms with Gasteiger partial charge in [-0.05, 0) is 48.9 Å². The number of carbonyl (C=O) groups excluding carboxylic acids is 1. The van der Waals surface area contributed by atoms with E-state index in [1.165, 1.54) is 42.7 Å². The highest BCUT2D eigenvalue weighted by atomic mass is 16.5. The van der Waals surface area contributed by atoms with Gasteiger partial charge in [0.1, 0.15) is 11.5 Å². The number of benzene rings is 2. The van der Waals surface area contributed by atoms with Crippen LogP contribution in [0, 0.1) is 0 Å². The maximum absolute atomic E-state index is 12.6. The molecule has 2 aromatic rings. The largest absolute Gasteiger partial charge is 0.481 e. The quantitative estimate of drug-likeness (QED) is 0.262. The Morgan fingerprint density at radius 3 is 2.33 bits per heavy atom. The fraction of sp³-hybridized carbons (Fsp3) is 0.0870. The third kappa shape index (κ3) is 6.79. The molecular formula is C23H20O7. The molecule has 0 saturated carbocycles. The van der Waals surface area contributed by atoms with Crippen LogP contribution in [0.3, 0.4) is 0 Å². The Kier molecular flexibility index (Phi) is 7.70. The van der Waals surface area contributed by atoms with E-state index in [9.17, 15) is 14.4 Å². The summed E-state index contributed by atoms with van der Waals surface area (Å²) in [6, 6.07) is 10.5. The Morgan fingerprint density at radius 2 is 1.73 bits per heavy atom. The number of ketones is 1. The molecule has 0 radical (unpaired) electrons. The van der Waals surface area contributed by atoms with Gasteiger partial charge >= 0.3 is 11.9 Å². The van der Waals surface area contributed by atoms with E-state index in [1.807, 2.05) is 0 Å². The SMILES string of the molecule is C=C(C)C=COc1ccc(C(=O)C=Cc2ccc(C(=O)O)cc2)c(OCC(=O)O)c1. The molecule has 154 valence electrons. The lowest BCUT2D eigenvalue weighted by molar-refractivity contribution is -0.139. The van der Waals surface area contributed by atoms with Gasteiger partial charge in [-0.3, -0.25) is 4.79 Å². The van der Waals surface area contributed by atoms with Crippen molar-refractivity contribution in [3.05, 3.63) is 89.7 Å². The minimum Gasteiger partial charge on any atom is -0.481 e. The van der Waals surface area contributed by atoms with Gasteiger partial charge in [0.05, 0.1) is 17.4 Å². The van der Waals surface area contributed by atoms with E-state index in [-0.39, 0.29) is 16.9 Å². The maximum Gasteiger partial charge on any atom is 0.341 e. The van der Waals surface area contributed by atoms with Gasteiger partial charge in [-0.25, -0.2) is 9.59 Å². The predicted molar refractivity (Wildman–Crippen MR) is 111 cm³/mol. The van der Waals surface area contributed by atoms with Crippen LogP contribution in [-0.4, -0.2) is 34.5 Å². The lowest BCUT2D eigenvalue weighted by Crippen LogP contribution is -2.11. The first-order chi connectivity index (χ1) is 14.3. The smallest absolute Gasteiger partial charge is 0.341 e. The summed E-state index contributed by atoms with van der Waals surface area (Å²) >= 11 is 0. The number of allylic oxidation sites excluding steroid dienone is 3. The van der Waals surface area contributed by atoms with Crippen molar-refractivity contribution in [2.45, 2.75) is 6.92 Å². The lowest BCUT2D eigenvalue weighted by Gasteiger charge is -2.10. The van der Waals surface area contributed by atoms with Gasteiger partial charge in [-0.15, -0.1) is 0 Å². The van der Waals surface area contributed by atoms with E-state index in [0.717, 1.165) is 5.57 Å². The van der Waals surface area contributed by atoms with Crippen molar-refractivity contribution in [2.75, 3.05) is 6.61 Å². The van der Waals surface area contributed by atoms with Gasteiger partial charge in [0.25, 0.3) is 0 Å². The molecule has 0 bridgehead atoms. The molecule has 0 heterocycles. The first kappa shape index (κ1) is 22.2. The van der Waals surface area contributed by atoms with Gasteiger partial charge in [0.15, 0.2) is 12.4 Å². The molecular weight excluding hydrogens is 388 g/mol. The van der Waals surface area contributed by atoms with Crippen molar-refractivity contribution < 1.29 is 34.1 Å². The van der Waals surface area contributed by atoms with Gasteiger partial charge in [-0.1, -0.05) is 30.4 Å². The van der Waals surface area contributed by atoms with Gasteiger partial charge < -0.3 is 19.7 Å². The second-order valence-electron chi connectivity index (χ2n) is 6.23. The topological polar surface area (TPSA) is 110 Å². The standard InChI is InChI=1S/C23H20O7/c1-15(2)11-12-29-18-8-9-19(21(13-18)30-14-22(25)26)20(24)10-5-16-3-6-17(7-4-16)23(27)28/h3-13H,1,14H2,2H3,(H,25,26)(H,27,28). The van der Waals surface area contributed by atoms with E-state index < -0.39 is 24.3 Å². The Bertz CT molecular complexity index is 1010. The minimum atomic E-state index is -1.18. The van der Waals surface area contributed by atoms with Crippen LogP contribution < -0.4 is 9.47 Å². The zero-order valence-electron chi connectivity index (χ0n) is 16.2. The highest BCUT2D eigenvalue weighted by Crippen LogP contribution is 2.26. The summed E-state index contributed by atoms with van der Waals surface area (Å²) in [5.41, 5.74) is 1.71. The Labute approximate surface area is 173 Å². The average Bonchev–Trinajstić information content (AvgIpc) is 2.70. The highest BCUT2D eigenvalue weighted by molar-refractivity contribution is 6.08. The molecule has 0 aliphatic rings. The molecule has 0 fully saturated rings. The Morgan fingerprint density at radius 1 is 1.03 bits per heavy atom. The summed E-state index contributed by atoms with van der Waals surface area (Å²) in [6.45, 7) is 4.89. The van der Waals surface area contributed by atoms with Crippen molar-refractivity contribution in [1.29, 1.82) is 0 Å². The van der Waals surface area contributed by atoms with Crippen molar-refractivity contribution in [1.82, 2.24) is 0 Å². The highest BCUT2D eigenvalue weighted by Gasteiger charge is 2.13. The molecule has 0 amide bonds. The van der Waals surface area contributed by atoms with E-state index in [4.69, 9.17) is 19.7 Å². The molecule has 0 aromatic heterocycles. The molecule has 7 nitrogen and oxygen atoms in total. The Balaban J connectivity index is 2.23. The summed E-state index contributed by atoms with van der Waals surface area (Å²) in [6.07, 6.45) is 5.88. The molecule has 0 atom stereocenters. The Hall–Kier alpha value is -4.13. The van der Waals surface area contributed by atoms with Crippen LogP contribution in [-0.2, 0) is 4.79 Å². The summed E-state index contributed by atoms with van der Waals surface area (Å²) in [4.78, 5) is 34.3. The molecule has 30 heavy (non-hydrogen) atoms. The first-order valence-electron chi connectivity index (χ1n) is 8.79. The van der Waals surface area contributed by atoms with Crippen LogP contribution in [0.2, 0.25) is 0 Å². The van der Waals surface area contributed by atoms with E-state index in [0.29, 0.717) is 11.3 Å². The monoisotopic (exact) mass is 408 g/mol. The molecule has 2 rings (SSSR count). The fourth-order valence-electron chi connectivity index (χ4n) is 2.27. The number of carbonyl (C=O) groups is 3. The van der Waals surface area contributed by atoms with Crippen LogP contribution >= 0.6 is 0 Å². The number of hydrogen-bond acceptors (Lipinski definition) is 5. The van der Waals surface area contributed by atoms with Crippen molar-refractivity contribution in [3.8, 4) is 11.5 Å². The van der Waals surface area contributed by atoms with Crippen LogP contribution in [0.15, 0.2) is 73.0 Å². The number of carboxylic acid groups (broad SMARTS) is 2.